The molecule has 1 unspecified atom stereocenters. The van der Waals surface area contributed by atoms with Crippen LogP contribution < -0.4 is 14.8 Å². The summed E-state index contributed by atoms with van der Waals surface area (Å²) in [4.78, 5) is 12.3. The molecule has 0 spiro atoms. The van der Waals surface area contributed by atoms with Crippen LogP contribution in [0.5, 0.6) is 11.5 Å². The van der Waals surface area contributed by atoms with Crippen molar-refractivity contribution in [2.45, 2.75) is 26.4 Å². The van der Waals surface area contributed by atoms with Gasteiger partial charge in [0.1, 0.15) is 11.5 Å². The maximum Gasteiger partial charge on any atom is 0.265 e. The molecule has 2 rings (SSSR count). The Morgan fingerprint density at radius 3 is 2.74 bits per heavy atom. The quantitative estimate of drug-likeness (QED) is 0.856. The fourth-order valence-electron chi connectivity index (χ4n) is 2.11. The van der Waals surface area contributed by atoms with Crippen molar-refractivity contribution in [2.75, 3.05) is 12.4 Å². The molecule has 0 bridgehead atoms. The van der Waals surface area contributed by atoms with Gasteiger partial charge in [0.05, 0.1) is 12.8 Å². The van der Waals surface area contributed by atoms with Crippen LogP contribution in [-0.4, -0.2) is 19.1 Å². The highest BCUT2D eigenvalue weighted by Gasteiger charge is 2.17. The number of halogens is 1. The third-order valence-corrected chi connectivity index (χ3v) is 3.64. The molecular weight excluding hydrogens is 314 g/mol. The van der Waals surface area contributed by atoms with Crippen LogP contribution in [0, 0.1) is 0 Å². The third kappa shape index (κ3) is 4.63. The Kier molecular flexibility index (Phi) is 5.88. The van der Waals surface area contributed by atoms with Crippen molar-refractivity contribution in [1.29, 1.82) is 0 Å². The first-order valence-corrected chi connectivity index (χ1v) is 7.81. The topological polar surface area (TPSA) is 47.6 Å². The predicted octanol–water partition coefficient (Wildman–Crippen LogP) is 4.32. The van der Waals surface area contributed by atoms with Gasteiger partial charge < -0.3 is 14.8 Å². The van der Waals surface area contributed by atoms with Crippen LogP contribution >= 0.6 is 11.6 Å². The van der Waals surface area contributed by atoms with Crippen LogP contribution in [0.3, 0.4) is 0 Å². The number of hydrogen-bond acceptors (Lipinski definition) is 3. The van der Waals surface area contributed by atoms with E-state index in [0.717, 1.165) is 12.0 Å². The molecule has 122 valence electrons. The zero-order valence-corrected chi connectivity index (χ0v) is 14.2. The SMILES string of the molecule is CCc1cccc(OC(C)C(=O)Nc2cc(Cl)ccc2OC)c1. The summed E-state index contributed by atoms with van der Waals surface area (Å²) < 4.78 is 10.9. The summed E-state index contributed by atoms with van der Waals surface area (Å²) in [5, 5.41) is 3.30. The Balaban J connectivity index is 2.06. The van der Waals surface area contributed by atoms with Crippen LogP contribution in [0.15, 0.2) is 42.5 Å². The molecule has 5 heteroatoms. The molecule has 4 nitrogen and oxygen atoms in total. The maximum absolute atomic E-state index is 12.3. The smallest absolute Gasteiger partial charge is 0.265 e. The molecule has 0 saturated carbocycles. The molecule has 1 amide bonds. The fourth-order valence-corrected chi connectivity index (χ4v) is 2.28. The van der Waals surface area contributed by atoms with Crippen molar-refractivity contribution < 1.29 is 14.3 Å². The normalized spacial score (nSPS) is 11.7. The Bertz CT molecular complexity index is 688. The van der Waals surface area contributed by atoms with Gasteiger partial charge in [-0.05, 0) is 49.2 Å². The first kappa shape index (κ1) is 17.2. The van der Waals surface area contributed by atoms with Gasteiger partial charge in [0, 0.05) is 5.02 Å². The van der Waals surface area contributed by atoms with E-state index in [4.69, 9.17) is 21.1 Å². The minimum absolute atomic E-state index is 0.271. The van der Waals surface area contributed by atoms with Gasteiger partial charge in [-0.1, -0.05) is 30.7 Å². The van der Waals surface area contributed by atoms with E-state index in [-0.39, 0.29) is 5.91 Å². The molecule has 23 heavy (non-hydrogen) atoms. The number of nitrogens with one attached hydrogen (secondary N) is 1. The zero-order chi connectivity index (χ0) is 16.8. The van der Waals surface area contributed by atoms with Gasteiger partial charge in [-0.2, -0.15) is 0 Å². The molecule has 0 aliphatic carbocycles. The van der Waals surface area contributed by atoms with E-state index in [9.17, 15) is 4.79 Å². The maximum atomic E-state index is 12.3. The molecule has 0 saturated heterocycles. The van der Waals surface area contributed by atoms with Crippen LogP contribution in [0.2, 0.25) is 5.02 Å². The van der Waals surface area contributed by atoms with Crippen molar-refractivity contribution in [3.8, 4) is 11.5 Å². The summed E-state index contributed by atoms with van der Waals surface area (Å²) in [6.45, 7) is 3.77. The van der Waals surface area contributed by atoms with Crippen molar-refractivity contribution in [3.05, 3.63) is 53.1 Å². The summed E-state index contributed by atoms with van der Waals surface area (Å²) in [6, 6.07) is 12.8. The second-order valence-corrected chi connectivity index (χ2v) is 5.53. The van der Waals surface area contributed by atoms with Crippen LogP contribution in [0.4, 0.5) is 5.69 Å². The van der Waals surface area contributed by atoms with E-state index >= 15 is 0 Å². The first-order valence-electron chi connectivity index (χ1n) is 7.43. The van der Waals surface area contributed by atoms with E-state index in [1.807, 2.05) is 24.3 Å². The number of aryl methyl sites for hydroxylation is 1. The van der Waals surface area contributed by atoms with Gasteiger partial charge in [-0.15, -0.1) is 0 Å². The molecule has 0 heterocycles. The van der Waals surface area contributed by atoms with Gasteiger partial charge in [0.2, 0.25) is 0 Å². The number of ether oxygens (including phenoxy) is 2. The average Bonchev–Trinajstić information content (AvgIpc) is 2.55. The van der Waals surface area contributed by atoms with Gasteiger partial charge in [-0.25, -0.2) is 0 Å². The Morgan fingerprint density at radius 1 is 1.26 bits per heavy atom. The summed E-state index contributed by atoms with van der Waals surface area (Å²) in [6.07, 6.45) is 0.267. The number of methoxy groups -OCH3 is 1. The lowest BCUT2D eigenvalue weighted by Gasteiger charge is -2.16. The van der Waals surface area contributed by atoms with Crippen molar-refractivity contribution in [1.82, 2.24) is 0 Å². The van der Waals surface area contributed by atoms with E-state index in [1.165, 1.54) is 7.11 Å². The third-order valence-electron chi connectivity index (χ3n) is 3.41. The molecule has 0 radical (unpaired) electrons. The molecule has 1 atom stereocenters. The lowest BCUT2D eigenvalue weighted by Crippen LogP contribution is -2.30. The average molecular weight is 334 g/mol. The molecule has 0 aliphatic rings. The second kappa shape index (κ2) is 7.88. The highest BCUT2D eigenvalue weighted by molar-refractivity contribution is 6.31. The van der Waals surface area contributed by atoms with Crippen molar-refractivity contribution in [2.24, 2.45) is 0 Å². The Morgan fingerprint density at radius 2 is 2.04 bits per heavy atom. The summed E-state index contributed by atoms with van der Waals surface area (Å²) in [5.74, 6) is 0.945. The van der Waals surface area contributed by atoms with E-state index < -0.39 is 6.10 Å². The minimum atomic E-state index is -0.647. The number of benzene rings is 2. The van der Waals surface area contributed by atoms with Gasteiger partial charge in [0.25, 0.3) is 5.91 Å². The highest BCUT2D eigenvalue weighted by atomic mass is 35.5. The number of amides is 1. The van der Waals surface area contributed by atoms with Crippen molar-refractivity contribution >= 4 is 23.2 Å². The van der Waals surface area contributed by atoms with E-state index in [0.29, 0.717) is 22.2 Å². The van der Waals surface area contributed by atoms with Gasteiger partial charge in [0.15, 0.2) is 6.10 Å². The van der Waals surface area contributed by atoms with Crippen molar-refractivity contribution in [3.63, 3.8) is 0 Å². The Labute approximate surface area is 141 Å². The van der Waals surface area contributed by atoms with Crippen LogP contribution in [0.1, 0.15) is 19.4 Å². The monoisotopic (exact) mass is 333 g/mol. The number of rotatable bonds is 6. The number of anilines is 1. The van der Waals surface area contributed by atoms with E-state index in [2.05, 4.69) is 12.2 Å². The lowest BCUT2D eigenvalue weighted by molar-refractivity contribution is -0.122. The Hall–Kier alpha value is -2.20. The summed E-state index contributed by atoms with van der Waals surface area (Å²) >= 11 is 5.96. The molecule has 2 aromatic carbocycles. The predicted molar refractivity (Wildman–Crippen MR) is 92.5 cm³/mol. The molecule has 1 N–H and O–H groups in total. The minimum Gasteiger partial charge on any atom is -0.495 e. The number of hydrogen-bond donors (Lipinski definition) is 1. The largest absolute Gasteiger partial charge is 0.495 e. The lowest BCUT2D eigenvalue weighted by atomic mass is 10.2. The van der Waals surface area contributed by atoms with Crippen LogP contribution in [0.25, 0.3) is 0 Å². The summed E-state index contributed by atoms with van der Waals surface area (Å²) in [7, 11) is 1.54. The molecule has 0 fully saturated rings. The first-order chi connectivity index (χ1) is 11.0. The van der Waals surface area contributed by atoms with E-state index in [1.54, 1.807) is 25.1 Å². The molecular formula is C18H20ClNO3. The van der Waals surface area contributed by atoms with Gasteiger partial charge >= 0.3 is 0 Å². The standard InChI is InChI=1S/C18H20ClNO3/c1-4-13-6-5-7-15(10-13)23-12(2)18(21)20-16-11-14(19)8-9-17(16)22-3/h5-12H,4H2,1-3H3,(H,20,21). The second-order valence-electron chi connectivity index (χ2n) is 5.09. The number of carbonyl (C=O) groups is 1. The summed E-state index contributed by atoms with van der Waals surface area (Å²) in [5.41, 5.74) is 1.68. The fraction of sp³-hybridized carbons (Fsp3) is 0.278. The molecule has 0 aromatic heterocycles. The number of carbonyl (C=O) groups excluding carboxylic acids is 1. The zero-order valence-electron chi connectivity index (χ0n) is 13.4. The molecule has 0 aliphatic heterocycles. The van der Waals surface area contributed by atoms with Gasteiger partial charge in [-0.3, -0.25) is 4.79 Å². The highest BCUT2D eigenvalue weighted by Crippen LogP contribution is 2.28. The van der Waals surface area contributed by atoms with Crippen LogP contribution in [-0.2, 0) is 11.2 Å². The molecule has 2 aromatic rings.